The van der Waals surface area contributed by atoms with Gasteiger partial charge >= 0.3 is 0 Å². The minimum atomic E-state index is -0.236. The van der Waals surface area contributed by atoms with E-state index in [1.54, 1.807) is 26.4 Å². The number of para-hydroxylation sites is 1. The van der Waals surface area contributed by atoms with E-state index in [1.165, 1.54) is 0 Å². The number of anilines is 1. The lowest BCUT2D eigenvalue weighted by atomic mass is 10.0. The van der Waals surface area contributed by atoms with Gasteiger partial charge in [0.25, 0.3) is 5.91 Å². The van der Waals surface area contributed by atoms with Crippen LogP contribution in [0.3, 0.4) is 0 Å². The summed E-state index contributed by atoms with van der Waals surface area (Å²) in [6, 6.07) is 20.3. The van der Waals surface area contributed by atoms with Crippen LogP contribution in [0, 0.1) is 6.92 Å². The lowest BCUT2D eigenvalue weighted by Gasteiger charge is -2.13. The highest BCUT2D eigenvalue weighted by Gasteiger charge is 2.16. The Morgan fingerprint density at radius 1 is 0.935 bits per heavy atom. The third-order valence-corrected chi connectivity index (χ3v) is 5.48. The number of methoxy groups -OCH3 is 2. The molecular formula is C25H21ClN2O3. The molecule has 1 amide bonds. The van der Waals surface area contributed by atoms with Gasteiger partial charge in [-0.15, -0.1) is 0 Å². The second-order valence-corrected chi connectivity index (χ2v) is 7.47. The standard InChI is InChI=1S/C25H21ClN2O3/c1-15-8-10-17(13-20(15)26)27-25(29)19-14-22(28-21-7-5-4-6-18(19)21)16-9-11-23(30-2)24(12-16)31-3/h4-14H,1-3H3,(H,27,29). The summed E-state index contributed by atoms with van der Waals surface area (Å²) in [4.78, 5) is 18.0. The number of fused-ring (bicyclic) bond motifs is 1. The van der Waals surface area contributed by atoms with Crippen LogP contribution in [0.1, 0.15) is 15.9 Å². The fourth-order valence-corrected chi connectivity index (χ4v) is 3.56. The number of carbonyl (C=O) groups is 1. The Bertz CT molecular complexity index is 1290. The molecule has 0 spiro atoms. The van der Waals surface area contributed by atoms with Crippen LogP contribution in [0.15, 0.2) is 66.7 Å². The molecule has 5 nitrogen and oxygen atoms in total. The maximum Gasteiger partial charge on any atom is 0.256 e. The fraction of sp³-hybridized carbons (Fsp3) is 0.120. The Labute approximate surface area is 185 Å². The third-order valence-electron chi connectivity index (χ3n) is 5.07. The van der Waals surface area contributed by atoms with Crippen molar-refractivity contribution < 1.29 is 14.3 Å². The van der Waals surface area contributed by atoms with Crippen molar-refractivity contribution in [3.05, 3.63) is 82.9 Å². The molecular weight excluding hydrogens is 412 g/mol. The molecule has 0 radical (unpaired) electrons. The molecule has 0 bridgehead atoms. The average molecular weight is 433 g/mol. The number of ether oxygens (including phenoxy) is 2. The maximum absolute atomic E-state index is 13.2. The number of nitrogens with one attached hydrogen (secondary N) is 1. The summed E-state index contributed by atoms with van der Waals surface area (Å²) in [7, 11) is 3.17. The number of aryl methyl sites for hydroxylation is 1. The zero-order valence-corrected chi connectivity index (χ0v) is 18.2. The van der Waals surface area contributed by atoms with Crippen molar-refractivity contribution in [2.75, 3.05) is 19.5 Å². The zero-order valence-electron chi connectivity index (χ0n) is 17.4. The van der Waals surface area contributed by atoms with Gasteiger partial charge in [0.15, 0.2) is 11.5 Å². The van der Waals surface area contributed by atoms with Crippen LogP contribution >= 0.6 is 11.6 Å². The lowest BCUT2D eigenvalue weighted by molar-refractivity contribution is 0.102. The SMILES string of the molecule is COc1ccc(-c2cc(C(=O)Nc3ccc(C)c(Cl)c3)c3ccccc3n2)cc1OC. The van der Waals surface area contributed by atoms with Gasteiger partial charge in [0.2, 0.25) is 0 Å². The Morgan fingerprint density at radius 3 is 2.45 bits per heavy atom. The molecule has 3 aromatic carbocycles. The highest BCUT2D eigenvalue weighted by Crippen LogP contribution is 2.33. The molecule has 0 aliphatic carbocycles. The van der Waals surface area contributed by atoms with Gasteiger partial charge in [0.05, 0.1) is 31.0 Å². The van der Waals surface area contributed by atoms with Gasteiger partial charge in [-0.1, -0.05) is 35.9 Å². The van der Waals surface area contributed by atoms with E-state index < -0.39 is 0 Å². The van der Waals surface area contributed by atoms with Gasteiger partial charge in [0, 0.05) is 21.7 Å². The third kappa shape index (κ3) is 4.18. The molecule has 0 atom stereocenters. The van der Waals surface area contributed by atoms with Crippen molar-refractivity contribution in [3.63, 3.8) is 0 Å². The van der Waals surface area contributed by atoms with E-state index in [1.807, 2.05) is 61.5 Å². The molecule has 0 aliphatic rings. The number of hydrogen-bond donors (Lipinski definition) is 1. The van der Waals surface area contributed by atoms with Gasteiger partial charge in [-0.25, -0.2) is 4.98 Å². The molecule has 31 heavy (non-hydrogen) atoms. The minimum absolute atomic E-state index is 0.236. The number of nitrogens with zero attached hydrogens (tertiary/aromatic N) is 1. The molecule has 0 saturated heterocycles. The highest BCUT2D eigenvalue weighted by molar-refractivity contribution is 6.31. The molecule has 0 saturated carbocycles. The summed E-state index contributed by atoms with van der Waals surface area (Å²) < 4.78 is 10.7. The second kappa shape index (κ2) is 8.66. The zero-order chi connectivity index (χ0) is 22.0. The number of pyridine rings is 1. The van der Waals surface area contributed by atoms with Crippen LogP contribution in [0.5, 0.6) is 11.5 Å². The first-order valence-corrected chi connectivity index (χ1v) is 10.1. The van der Waals surface area contributed by atoms with E-state index in [2.05, 4.69) is 5.32 Å². The maximum atomic E-state index is 13.2. The largest absolute Gasteiger partial charge is 0.493 e. The average Bonchev–Trinajstić information content (AvgIpc) is 2.80. The van der Waals surface area contributed by atoms with Crippen molar-refractivity contribution in [1.82, 2.24) is 4.98 Å². The van der Waals surface area contributed by atoms with Crippen LogP contribution in [0.4, 0.5) is 5.69 Å². The van der Waals surface area contributed by atoms with Gasteiger partial charge in [-0.05, 0) is 55.0 Å². The van der Waals surface area contributed by atoms with E-state index in [-0.39, 0.29) is 5.91 Å². The van der Waals surface area contributed by atoms with Crippen LogP contribution in [0.25, 0.3) is 22.2 Å². The topological polar surface area (TPSA) is 60.5 Å². The van der Waals surface area contributed by atoms with Crippen LogP contribution in [-0.2, 0) is 0 Å². The molecule has 1 heterocycles. The van der Waals surface area contributed by atoms with E-state index in [0.717, 1.165) is 22.0 Å². The number of halogens is 1. The van der Waals surface area contributed by atoms with Crippen molar-refractivity contribution in [1.29, 1.82) is 0 Å². The molecule has 1 N–H and O–H groups in total. The Kier molecular flexibility index (Phi) is 5.78. The summed E-state index contributed by atoms with van der Waals surface area (Å²) in [5.74, 6) is 0.983. The smallest absolute Gasteiger partial charge is 0.256 e. The molecule has 156 valence electrons. The van der Waals surface area contributed by atoms with Gasteiger partial charge in [0.1, 0.15) is 0 Å². The molecule has 6 heteroatoms. The summed E-state index contributed by atoms with van der Waals surface area (Å²) in [5, 5.41) is 4.31. The quantitative estimate of drug-likeness (QED) is 0.412. The Hall–Kier alpha value is -3.57. The Balaban J connectivity index is 1.80. The van der Waals surface area contributed by atoms with Gasteiger partial charge in [-0.2, -0.15) is 0 Å². The lowest BCUT2D eigenvalue weighted by Crippen LogP contribution is -2.13. The first-order chi connectivity index (χ1) is 15.0. The molecule has 0 aliphatic heterocycles. The first-order valence-electron chi connectivity index (χ1n) is 9.70. The van der Waals surface area contributed by atoms with Crippen LogP contribution in [0.2, 0.25) is 5.02 Å². The van der Waals surface area contributed by atoms with Crippen molar-refractivity contribution in [3.8, 4) is 22.8 Å². The summed E-state index contributed by atoms with van der Waals surface area (Å²) in [5.41, 5.74) is 4.30. The van der Waals surface area contributed by atoms with Crippen LogP contribution < -0.4 is 14.8 Å². The van der Waals surface area contributed by atoms with E-state index >= 15 is 0 Å². The number of benzene rings is 3. The van der Waals surface area contributed by atoms with Crippen molar-refractivity contribution in [2.45, 2.75) is 6.92 Å². The van der Waals surface area contributed by atoms with Gasteiger partial charge < -0.3 is 14.8 Å². The number of aromatic nitrogens is 1. The number of rotatable bonds is 5. The predicted octanol–water partition coefficient (Wildman–Crippen LogP) is 6.13. The molecule has 4 aromatic rings. The Morgan fingerprint density at radius 2 is 1.71 bits per heavy atom. The van der Waals surface area contributed by atoms with Crippen LogP contribution in [-0.4, -0.2) is 25.1 Å². The minimum Gasteiger partial charge on any atom is -0.493 e. The van der Waals surface area contributed by atoms with Gasteiger partial charge in [-0.3, -0.25) is 4.79 Å². The highest BCUT2D eigenvalue weighted by atomic mass is 35.5. The number of amides is 1. The molecule has 0 unspecified atom stereocenters. The second-order valence-electron chi connectivity index (χ2n) is 7.06. The molecule has 1 aromatic heterocycles. The monoisotopic (exact) mass is 432 g/mol. The first kappa shape index (κ1) is 20.7. The van der Waals surface area contributed by atoms with E-state index in [4.69, 9.17) is 26.1 Å². The fourth-order valence-electron chi connectivity index (χ4n) is 3.38. The number of hydrogen-bond acceptors (Lipinski definition) is 4. The number of carbonyl (C=O) groups excluding carboxylic acids is 1. The molecule has 4 rings (SSSR count). The predicted molar refractivity (Wildman–Crippen MR) is 124 cm³/mol. The summed E-state index contributed by atoms with van der Waals surface area (Å²) in [6.45, 7) is 1.92. The van der Waals surface area contributed by atoms with Crippen molar-refractivity contribution >= 4 is 34.1 Å². The molecule has 0 fully saturated rings. The summed E-state index contributed by atoms with van der Waals surface area (Å²) >= 11 is 6.21. The summed E-state index contributed by atoms with van der Waals surface area (Å²) in [6.07, 6.45) is 0. The van der Waals surface area contributed by atoms with E-state index in [0.29, 0.717) is 33.5 Å². The van der Waals surface area contributed by atoms with Crippen molar-refractivity contribution in [2.24, 2.45) is 0 Å². The van der Waals surface area contributed by atoms with E-state index in [9.17, 15) is 4.79 Å². The normalized spacial score (nSPS) is 10.7.